The second-order valence-corrected chi connectivity index (χ2v) is 8.93. The second-order valence-electron chi connectivity index (χ2n) is 8.93. The van der Waals surface area contributed by atoms with Gasteiger partial charge < -0.3 is 14.0 Å². The van der Waals surface area contributed by atoms with Crippen LogP contribution in [0.5, 0.6) is 0 Å². The van der Waals surface area contributed by atoms with E-state index in [-0.39, 0.29) is 16.9 Å². The summed E-state index contributed by atoms with van der Waals surface area (Å²) in [5, 5.41) is 0.497. The second kappa shape index (κ2) is 9.84. The van der Waals surface area contributed by atoms with Crippen LogP contribution in [0.25, 0.3) is 22.4 Å². The molecule has 1 aromatic carbocycles. The number of benzene rings is 1. The smallest absolute Gasteiger partial charge is 0.259 e. The Labute approximate surface area is 204 Å². The average Bonchev–Trinajstić information content (AvgIpc) is 3.37. The summed E-state index contributed by atoms with van der Waals surface area (Å²) in [6.45, 7) is 8.99. The van der Waals surface area contributed by atoms with Crippen LogP contribution in [0.2, 0.25) is 0 Å². The maximum absolute atomic E-state index is 13.3. The van der Waals surface area contributed by atoms with Crippen molar-refractivity contribution in [3.63, 3.8) is 0 Å². The maximum Gasteiger partial charge on any atom is 0.259 e. The van der Waals surface area contributed by atoms with Gasteiger partial charge in [0.05, 0.1) is 5.39 Å². The Kier molecular flexibility index (Phi) is 6.46. The molecule has 0 bridgehead atoms. The number of aryl methyl sites for hydroxylation is 2. The molecule has 8 heteroatoms. The number of nitrogens with zero attached hydrogens (tertiary/aromatic N) is 6. The van der Waals surface area contributed by atoms with Crippen molar-refractivity contribution in [1.82, 2.24) is 28.9 Å². The summed E-state index contributed by atoms with van der Waals surface area (Å²) in [5.41, 5.74) is 2.57. The highest BCUT2D eigenvalue weighted by atomic mass is 16.2. The van der Waals surface area contributed by atoms with E-state index in [1.54, 1.807) is 17.2 Å². The van der Waals surface area contributed by atoms with E-state index in [9.17, 15) is 9.59 Å². The molecule has 8 nitrogen and oxygen atoms in total. The van der Waals surface area contributed by atoms with Crippen LogP contribution in [0.4, 0.5) is 0 Å². The largest absolute Gasteiger partial charge is 0.336 e. The molecule has 180 valence electrons. The summed E-state index contributed by atoms with van der Waals surface area (Å²) in [7, 11) is 0. The number of hydrogen-bond acceptors (Lipinski definition) is 5. The minimum Gasteiger partial charge on any atom is -0.336 e. The molecule has 0 saturated carbocycles. The van der Waals surface area contributed by atoms with Gasteiger partial charge in [0.15, 0.2) is 0 Å². The Balaban J connectivity index is 1.24. The van der Waals surface area contributed by atoms with Gasteiger partial charge >= 0.3 is 0 Å². The predicted molar refractivity (Wildman–Crippen MR) is 136 cm³/mol. The van der Waals surface area contributed by atoms with Gasteiger partial charge in [-0.1, -0.05) is 30.3 Å². The van der Waals surface area contributed by atoms with Crippen LogP contribution in [0.15, 0.2) is 65.8 Å². The number of pyridine rings is 2. The number of rotatable bonds is 6. The number of piperazine rings is 1. The third kappa shape index (κ3) is 4.61. The van der Waals surface area contributed by atoms with Crippen LogP contribution in [0, 0.1) is 6.92 Å². The molecule has 0 N–H and O–H groups in total. The van der Waals surface area contributed by atoms with Crippen LogP contribution >= 0.6 is 0 Å². The van der Waals surface area contributed by atoms with Crippen molar-refractivity contribution in [2.45, 2.75) is 26.9 Å². The summed E-state index contributed by atoms with van der Waals surface area (Å²) >= 11 is 0. The van der Waals surface area contributed by atoms with E-state index in [1.807, 2.05) is 55.1 Å². The van der Waals surface area contributed by atoms with Crippen molar-refractivity contribution >= 4 is 16.9 Å². The van der Waals surface area contributed by atoms with Gasteiger partial charge in [0.2, 0.25) is 5.43 Å². The molecular weight excluding hydrogens is 440 g/mol. The average molecular weight is 471 g/mol. The van der Waals surface area contributed by atoms with Crippen LogP contribution in [0.3, 0.4) is 0 Å². The van der Waals surface area contributed by atoms with E-state index < -0.39 is 0 Å². The molecule has 4 heterocycles. The summed E-state index contributed by atoms with van der Waals surface area (Å²) in [5.74, 6) is 0.771. The van der Waals surface area contributed by atoms with E-state index >= 15 is 0 Å². The number of carbonyl (C=O) groups is 1. The Morgan fingerprint density at radius 1 is 0.971 bits per heavy atom. The van der Waals surface area contributed by atoms with Crippen molar-refractivity contribution in [2.24, 2.45) is 0 Å². The van der Waals surface area contributed by atoms with Crippen LogP contribution < -0.4 is 5.43 Å². The van der Waals surface area contributed by atoms with Gasteiger partial charge in [-0.05, 0) is 26.0 Å². The molecule has 35 heavy (non-hydrogen) atoms. The first-order valence-electron chi connectivity index (χ1n) is 12.1. The molecule has 0 aliphatic carbocycles. The van der Waals surface area contributed by atoms with Gasteiger partial charge in [-0.3, -0.25) is 14.5 Å². The monoisotopic (exact) mass is 470 g/mol. The molecular formula is C27H30N6O2. The molecule has 3 aromatic heterocycles. The van der Waals surface area contributed by atoms with E-state index in [2.05, 4.69) is 31.6 Å². The lowest BCUT2D eigenvalue weighted by Gasteiger charge is -2.34. The first kappa shape index (κ1) is 23.0. The molecule has 1 aliphatic rings. The fourth-order valence-corrected chi connectivity index (χ4v) is 4.68. The van der Waals surface area contributed by atoms with E-state index in [0.717, 1.165) is 43.3 Å². The summed E-state index contributed by atoms with van der Waals surface area (Å²) < 4.78 is 4.06. The van der Waals surface area contributed by atoms with Crippen LogP contribution in [-0.4, -0.2) is 67.5 Å². The third-order valence-electron chi connectivity index (χ3n) is 6.70. The predicted octanol–water partition coefficient (Wildman–Crippen LogP) is 3.05. The van der Waals surface area contributed by atoms with Crippen molar-refractivity contribution in [1.29, 1.82) is 0 Å². The highest BCUT2D eigenvalue weighted by molar-refractivity contribution is 5.97. The standard InChI is InChI=1S/C27H30N6O2/c1-3-31-19-23(24(34)22-10-9-20(2)29-26(22)31)27(35)33-17-14-30(15-18-33)13-16-32-12-11-28-25(32)21-7-5-4-6-8-21/h4-12,19H,3,13-18H2,1-2H3. The number of imidazole rings is 1. The number of fused-ring (bicyclic) bond motifs is 1. The van der Waals surface area contributed by atoms with Gasteiger partial charge in [0, 0.05) is 75.7 Å². The minimum atomic E-state index is -0.238. The molecule has 0 spiro atoms. The van der Waals surface area contributed by atoms with E-state index in [4.69, 9.17) is 0 Å². The number of hydrogen-bond donors (Lipinski definition) is 0. The SMILES string of the molecule is CCn1cc(C(=O)N2CCN(CCn3ccnc3-c3ccccc3)CC2)c(=O)c2ccc(C)nc21. The highest BCUT2D eigenvalue weighted by Crippen LogP contribution is 2.17. The number of amides is 1. The van der Waals surface area contributed by atoms with Gasteiger partial charge in [0.25, 0.3) is 5.91 Å². The third-order valence-corrected chi connectivity index (χ3v) is 6.70. The molecule has 5 rings (SSSR count). The molecule has 4 aromatic rings. The lowest BCUT2D eigenvalue weighted by Crippen LogP contribution is -2.50. The van der Waals surface area contributed by atoms with Gasteiger partial charge in [-0.2, -0.15) is 0 Å². The lowest BCUT2D eigenvalue weighted by molar-refractivity contribution is 0.0631. The van der Waals surface area contributed by atoms with Gasteiger partial charge in [0.1, 0.15) is 17.0 Å². The molecule has 0 unspecified atom stereocenters. The quantitative estimate of drug-likeness (QED) is 0.433. The Hall–Kier alpha value is -3.78. The van der Waals surface area contributed by atoms with Crippen LogP contribution in [0.1, 0.15) is 23.0 Å². The molecule has 0 radical (unpaired) electrons. The molecule has 1 aliphatic heterocycles. The molecule has 1 fully saturated rings. The van der Waals surface area contributed by atoms with Crippen molar-refractivity contribution in [3.05, 3.63) is 82.5 Å². The van der Waals surface area contributed by atoms with E-state index in [0.29, 0.717) is 30.7 Å². The normalized spacial score (nSPS) is 14.5. The number of aromatic nitrogens is 4. The zero-order valence-electron chi connectivity index (χ0n) is 20.2. The first-order chi connectivity index (χ1) is 17.0. The summed E-state index contributed by atoms with van der Waals surface area (Å²) in [4.78, 5) is 39.6. The highest BCUT2D eigenvalue weighted by Gasteiger charge is 2.25. The van der Waals surface area contributed by atoms with Gasteiger partial charge in [-0.15, -0.1) is 0 Å². The zero-order chi connectivity index (χ0) is 24.4. The Bertz CT molecular complexity index is 1400. The maximum atomic E-state index is 13.3. The Morgan fingerprint density at radius 2 is 1.74 bits per heavy atom. The van der Waals surface area contributed by atoms with Crippen molar-refractivity contribution in [3.8, 4) is 11.4 Å². The topological polar surface area (TPSA) is 76.3 Å². The fourth-order valence-electron chi connectivity index (χ4n) is 4.68. The summed E-state index contributed by atoms with van der Waals surface area (Å²) in [6.07, 6.45) is 5.52. The number of carbonyl (C=O) groups excluding carboxylic acids is 1. The fraction of sp³-hybridized carbons (Fsp3) is 0.333. The lowest BCUT2D eigenvalue weighted by atomic mass is 10.1. The van der Waals surface area contributed by atoms with Crippen molar-refractivity contribution < 1.29 is 4.79 Å². The van der Waals surface area contributed by atoms with Crippen molar-refractivity contribution in [2.75, 3.05) is 32.7 Å². The van der Waals surface area contributed by atoms with Crippen LogP contribution in [-0.2, 0) is 13.1 Å². The molecule has 1 amide bonds. The Morgan fingerprint density at radius 3 is 2.49 bits per heavy atom. The van der Waals surface area contributed by atoms with Gasteiger partial charge in [-0.25, -0.2) is 9.97 Å². The minimum absolute atomic E-state index is 0.194. The summed E-state index contributed by atoms with van der Waals surface area (Å²) in [6, 6.07) is 13.8. The zero-order valence-corrected chi connectivity index (χ0v) is 20.2. The van der Waals surface area contributed by atoms with E-state index in [1.165, 1.54) is 0 Å². The molecule has 1 saturated heterocycles. The molecule has 0 atom stereocenters. The first-order valence-corrected chi connectivity index (χ1v) is 12.1.